The fraction of sp³-hybridized carbons (Fsp3) is 0.0769. The third-order valence-electron chi connectivity index (χ3n) is 2.40. The predicted octanol–water partition coefficient (Wildman–Crippen LogP) is 3.46. The predicted molar refractivity (Wildman–Crippen MR) is 71.9 cm³/mol. The number of ether oxygens (including phenoxy) is 1. The van der Waals surface area contributed by atoms with Crippen molar-refractivity contribution >= 4 is 17.4 Å². The molecule has 0 unspecified atom stereocenters. The summed E-state index contributed by atoms with van der Waals surface area (Å²) in [5.41, 5.74) is -0.0442. The Morgan fingerprint density at radius 2 is 2.00 bits per heavy atom. The van der Waals surface area contributed by atoms with Crippen molar-refractivity contribution in [1.82, 2.24) is 0 Å². The molecule has 98 valence electrons. The minimum absolute atomic E-state index is 0.0442. The van der Waals surface area contributed by atoms with Crippen LogP contribution in [-0.4, -0.2) is 17.1 Å². The van der Waals surface area contributed by atoms with Crippen LogP contribution >= 0.6 is 11.8 Å². The summed E-state index contributed by atoms with van der Waals surface area (Å²) in [6, 6.07) is 11.3. The second-order valence-electron chi connectivity index (χ2n) is 3.69. The fourth-order valence-electron chi connectivity index (χ4n) is 1.51. The molecule has 2 aromatic carbocycles. The number of hydrogen-bond acceptors (Lipinski definition) is 5. The first-order chi connectivity index (χ1) is 9.10. The van der Waals surface area contributed by atoms with E-state index in [0.29, 0.717) is 15.5 Å². The molecule has 19 heavy (non-hydrogen) atoms. The Kier molecular flexibility index (Phi) is 3.91. The SMILES string of the molecule is COc1cc(Sc2ccccc2O)cc([N+](=O)[O-])c1. The van der Waals surface area contributed by atoms with Crippen LogP contribution in [0.25, 0.3) is 0 Å². The van der Waals surface area contributed by atoms with Crippen molar-refractivity contribution in [3.05, 3.63) is 52.6 Å². The summed E-state index contributed by atoms with van der Waals surface area (Å²) in [7, 11) is 1.45. The molecule has 2 aromatic rings. The van der Waals surface area contributed by atoms with Crippen molar-refractivity contribution in [1.29, 1.82) is 0 Å². The lowest BCUT2D eigenvalue weighted by Gasteiger charge is -2.06. The molecule has 0 aromatic heterocycles. The van der Waals surface area contributed by atoms with E-state index in [0.717, 1.165) is 0 Å². The van der Waals surface area contributed by atoms with Crippen LogP contribution in [0.3, 0.4) is 0 Å². The van der Waals surface area contributed by atoms with Crippen molar-refractivity contribution in [2.45, 2.75) is 9.79 Å². The molecule has 0 amide bonds. The van der Waals surface area contributed by atoms with Crippen molar-refractivity contribution in [2.24, 2.45) is 0 Å². The average molecular weight is 277 g/mol. The molecular formula is C13H11NO4S. The standard InChI is InChI=1S/C13H11NO4S/c1-18-10-6-9(14(16)17)7-11(8-10)19-13-5-3-2-4-12(13)15/h2-8,15H,1H3. The van der Waals surface area contributed by atoms with E-state index in [1.165, 1.54) is 31.0 Å². The van der Waals surface area contributed by atoms with Crippen LogP contribution in [0.1, 0.15) is 0 Å². The van der Waals surface area contributed by atoms with E-state index in [4.69, 9.17) is 4.74 Å². The van der Waals surface area contributed by atoms with Gasteiger partial charge in [-0.15, -0.1) is 0 Å². The maximum atomic E-state index is 10.8. The van der Waals surface area contributed by atoms with Crippen LogP contribution in [0, 0.1) is 10.1 Å². The smallest absolute Gasteiger partial charge is 0.274 e. The van der Waals surface area contributed by atoms with Gasteiger partial charge in [-0.1, -0.05) is 23.9 Å². The highest BCUT2D eigenvalue weighted by Gasteiger charge is 2.12. The van der Waals surface area contributed by atoms with Crippen LogP contribution in [0.4, 0.5) is 5.69 Å². The summed E-state index contributed by atoms with van der Waals surface area (Å²) in [6.07, 6.45) is 0. The zero-order valence-electron chi connectivity index (χ0n) is 10.1. The number of non-ortho nitro benzene ring substituents is 1. The quantitative estimate of drug-likeness (QED) is 0.684. The average Bonchev–Trinajstić information content (AvgIpc) is 2.41. The van der Waals surface area contributed by atoms with Crippen molar-refractivity contribution in [2.75, 3.05) is 7.11 Å². The van der Waals surface area contributed by atoms with Crippen LogP contribution in [-0.2, 0) is 0 Å². The van der Waals surface area contributed by atoms with Gasteiger partial charge in [0, 0.05) is 11.0 Å². The molecule has 5 nitrogen and oxygen atoms in total. The highest BCUT2D eigenvalue weighted by molar-refractivity contribution is 7.99. The summed E-state index contributed by atoms with van der Waals surface area (Å²) in [5.74, 6) is 0.546. The minimum Gasteiger partial charge on any atom is -0.507 e. The topological polar surface area (TPSA) is 72.6 Å². The number of rotatable bonds is 4. The van der Waals surface area contributed by atoms with Crippen molar-refractivity contribution < 1.29 is 14.8 Å². The molecule has 0 aliphatic rings. The largest absolute Gasteiger partial charge is 0.507 e. The molecule has 0 spiro atoms. The third-order valence-corrected chi connectivity index (χ3v) is 3.44. The van der Waals surface area contributed by atoms with Gasteiger partial charge in [-0.25, -0.2) is 0 Å². The van der Waals surface area contributed by atoms with E-state index in [1.807, 2.05) is 0 Å². The van der Waals surface area contributed by atoms with Gasteiger partial charge in [0.2, 0.25) is 0 Å². The van der Waals surface area contributed by atoms with E-state index in [1.54, 1.807) is 30.3 Å². The Bertz CT molecular complexity index is 615. The Labute approximate surface area is 114 Å². The van der Waals surface area contributed by atoms with Crippen molar-refractivity contribution in [3.63, 3.8) is 0 Å². The van der Waals surface area contributed by atoms with E-state index < -0.39 is 4.92 Å². The van der Waals surface area contributed by atoms with E-state index in [-0.39, 0.29) is 11.4 Å². The summed E-state index contributed by atoms with van der Waals surface area (Å²) in [4.78, 5) is 11.6. The fourth-order valence-corrected chi connectivity index (χ4v) is 2.44. The summed E-state index contributed by atoms with van der Waals surface area (Å²) in [6.45, 7) is 0. The molecule has 0 saturated heterocycles. The van der Waals surface area contributed by atoms with Gasteiger partial charge in [0.1, 0.15) is 11.5 Å². The molecule has 6 heteroatoms. The van der Waals surface area contributed by atoms with Crippen LogP contribution < -0.4 is 4.74 Å². The lowest BCUT2D eigenvalue weighted by atomic mass is 10.3. The maximum absolute atomic E-state index is 10.8. The highest BCUT2D eigenvalue weighted by Crippen LogP contribution is 2.37. The first-order valence-electron chi connectivity index (χ1n) is 5.39. The van der Waals surface area contributed by atoms with Gasteiger partial charge in [0.15, 0.2) is 0 Å². The molecule has 0 saturated carbocycles. The van der Waals surface area contributed by atoms with Gasteiger partial charge >= 0.3 is 0 Å². The van der Waals surface area contributed by atoms with Crippen molar-refractivity contribution in [3.8, 4) is 11.5 Å². The van der Waals surface area contributed by atoms with Gasteiger partial charge in [0.05, 0.1) is 23.0 Å². The number of hydrogen-bond donors (Lipinski definition) is 1. The number of nitrogens with zero attached hydrogens (tertiary/aromatic N) is 1. The summed E-state index contributed by atoms with van der Waals surface area (Å²) >= 11 is 1.24. The molecular weight excluding hydrogens is 266 g/mol. The summed E-state index contributed by atoms with van der Waals surface area (Å²) < 4.78 is 5.03. The second kappa shape index (κ2) is 5.62. The zero-order chi connectivity index (χ0) is 13.8. The maximum Gasteiger partial charge on any atom is 0.274 e. The zero-order valence-corrected chi connectivity index (χ0v) is 10.9. The van der Waals surface area contributed by atoms with Crippen LogP contribution in [0.15, 0.2) is 52.3 Å². The van der Waals surface area contributed by atoms with Crippen LogP contribution in [0.2, 0.25) is 0 Å². The Balaban J connectivity index is 2.37. The van der Waals surface area contributed by atoms with E-state index in [9.17, 15) is 15.2 Å². The molecule has 0 aliphatic heterocycles. The van der Waals surface area contributed by atoms with Gasteiger partial charge in [-0.3, -0.25) is 10.1 Å². The number of phenolic OH excluding ortho intramolecular Hbond substituents is 1. The van der Waals surface area contributed by atoms with Gasteiger partial charge in [-0.05, 0) is 18.2 Å². The highest BCUT2D eigenvalue weighted by atomic mass is 32.2. The van der Waals surface area contributed by atoms with Gasteiger partial charge in [-0.2, -0.15) is 0 Å². The number of para-hydroxylation sites is 1. The molecule has 0 bridgehead atoms. The Morgan fingerprint density at radius 3 is 2.63 bits per heavy atom. The molecule has 0 atom stereocenters. The lowest BCUT2D eigenvalue weighted by molar-refractivity contribution is -0.385. The lowest BCUT2D eigenvalue weighted by Crippen LogP contribution is -1.91. The number of nitro benzene ring substituents is 1. The van der Waals surface area contributed by atoms with Gasteiger partial charge in [0.25, 0.3) is 5.69 Å². The number of nitro groups is 1. The monoisotopic (exact) mass is 277 g/mol. The molecule has 0 radical (unpaired) electrons. The molecule has 0 aliphatic carbocycles. The Morgan fingerprint density at radius 1 is 1.26 bits per heavy atom. The molecule has 2 rings (SSSR count). The number of phenols is 1. The first kappa shape index (κ1) is 13.2. The summed E-state index contributed by atoms with van der Waals surface area (Å²) in [5, 5.41) is 20.5. The van der Waals surface area contributed by atoms with Crippen LogP contribution in [0.5, 0.6) is 11.5 Å². The molecule has 0 heterocycles. The minimum atomic E-state index is -0.475. The van der Waals surface area contributed by atoms with E-state index in [2.05, 4.69) is 0 Å². The molecule has 1 N–H and O–H groups in total. The second-order valence-corrected chi connectivity index (χ2v) is 4.81. The first-order valence-corrected chi connectivity index (χ1v) is 6.21. The normalized spacial score (nSPS) is 10.2. The number of methoxy groups -OCH3 is 1. The Hall–Kier alpha value is -2.21. The van der Waals surface area contributed by atoms with E-state index >= 15 is 0 Å². The molecule has 0 fully saturated rings. The number of benzene rings is 2. The third kappa shape index (κ3) is 3.17. The van der Waals surface area contributed by atoms with Gasteiger partial charge < -0.3 is 9.84 Å². The number of aromatic hydroxyl groups is 1.